The maximum atomic E-state index is 14.5. The van der Waals surface area contributed by atoms with Crippen molar-refractivity contribution in [1.82, 2.24) is 10.2 Å². The molecule has 0 bridgehead atoms. The van der Waals surface area contributed by atoms with Crippen molar-refractivity contribution in [2.45, 2.75) is 71.0 Å². The Morgan fingerprint density at radius 3 is 1.98 bits per heavy atom. The zero-order chi connectivity index (χ0) is 32.6. The van der Waals surface area contributed by atoms with E-state index in [0.29, 0.717) is 5.69 Å². The van der Waals surface area contributed by atoms with Crippen LogP contribution in [0.3, 0.4) is 0 Å². The van der Waals surface area contributed by atoms with Crippen molar-refractivity contribution in [3.8, 4) is 0 Å². The number of hydrogen-bond donors (Lipinski definition) is 1. The van der Waals surface area contributed by atoms with Gasteiger partial charge in [-0.05, 0) is 75.1 Å². The molecule has 2 atom stereocenters. The predicted molar refractivity (Wildman–Crippen MR) is 180 cm³/mol. The number of carbonyl (C=O) groups excluding carboxylic acids is 2. The van der Waals surface area contributed by atoms with Gasteiger partial charge in [-0.1, -0.05) is 96.9 Å². The number of sulfonamides is 1. The number of carbonyl (C=O) groups is 2. The molecule has 0 saturated heterocycles. The summed E-state index contributed by atoms with van der Waals surface area (Å²) in [5.74, 6) is -0.759. The quantitative estimate of drug-likeness (QED) is 0.187. The third-order valence-corrected chi connectivity index (χ3v) is 9.71. The van der Waals surface area contributed by atoms with Crippen LogP contribution in [-0.4, -0.2) is 43.8 Å². The topological polar surface area (TPSA) is 86.8 Å². The molecule has 0 aliphatic carbocycles. The van der Waals surface area contributed by atoms with Gasteiger partial charge in [-0.25, -0.2) is 8.42 Å². The second-order valence-electron chi connectivity index (χ2n) is 11.7. The molecule has 7 nitrogen and oxygen atoms in total. The predicted octanol–water partition coefficient (Wildman–Crippen LogP) is 6.36. The highest BCUT2D eigenvalue weighted by Gasteiger charge is 2.35. The van der Waals surface area contributed by atoms with E-state index in [-0.39, 0.29) is 29.8 Å². The molecule has 0 fully saturated rings. The van der Waals surface area contributed by atoms with E-state index in [0.717, 1.165) is 38.5 Å². The van der Waals surface area contributed by atoms with E-state index in [4.69, 9.17) is 0 Å². The van der Waals surface area contributed by atoms with Crippen LogP contribution in [0.5, 0.6) is 0 Å². The summed E-state index contributed by atoms with van der Waals surface area (Å²) < 4.78 is 29.5. The number of hydrogen-bond acceptors (Lipinski definition) is 4. The molecule has 4 rings (SSSR count). The van der Waals surface area contributed by atoms with Crippen LogP contribution in [0, 0.1) is 20.8 Å². The fraction of sp³-hybridized carbons (Fsp3) is 0.297. The van der Waals surface area contributed by atoms with Gasteiger partial charge in [-0.2, -0.15) is 0 Å². The monoisotopic (exact) mass is 625 g/mol. The fourth-order valence-electron chi connectivity index (χ4n) is 5.03. The first kappa shape index (κ1) is 33.5. The van der Waals surface area contributed by atoms with Crippen LogP contribution in [0.2, 0.25) is 0 Å². The molecule has 0 aliphatic heterocycles. The molecule has 0 radical (unpaired) electrons. The molecule has 0 spiro atoms. The van der Waals surface area contributed by atoms with Crippen molar-refractivity contribution < 1.29 is 18.0 Å². The third kappa shape index (κ3) is 8.82. The third-order valence-electron chi connectivity index (χ3n) is 7.92. The van der Waals surface area contributed by atoms with Crippen molar-refractivity contribution in [1.29, 1.82) is 0 Å². The van der Waals surface area contributed by atoms with Crippen molar-refractivity contribution in [2.24, 2.45) is 0 Å². The van der Waals surface area contributed by atoms with Gasteiger partial charge in [0.25, 0.3) is 10.0 Å². The number of amides is 2. The Balaban J connectivity index is 1.80. The summed E-state index contributed by atoms with van der Waals surface area (Å²) in [4.78, 5) is 30.1. The summed E-state index contributed by atoms with van der Waals surface area (Å²) >= 11 is 0. The van der Waals surface area contributed by atoms with Gasteiger partial charge in [-0.15, -0.1) is 0 Å². The molecule has 1 N–H and O–H groups in total. The highest BCUT2D eigenvalue weighted by atomic mass is 32.2. The molecule has 0 aromatic heterocycles. The molecular weight excluding hydrogens is 582 g/mol. The number of nitrogens with zero attached hydrogens (tertiary/aromatic N) is 2. The van der Waals surface area contributed by atoms with E-state index < -0.39 is 28.5 Å². The number of nitrogens with one attached hydrogen (secondary N) is 1. The van der Waals surface area contributed by atoms with Gasteiger partial charge in [0.1, 0.15) is 12.6 Å². The Labute approximate surface area is 268 Å². The zero-order valence-corrected chi connectivity index (χ0v) is 27.6. The summed E-state index contributed by atoms with van der Waals surface area (Å²) in [5.41, 5.74) is 4.96. The molecule has 0 aliphatic rings. The van der Waals surface area contributed by atoms with Gasteiger partial charge >= 0.3 is 0 Å². The van der Waals surface area contributed by atoms with Crippen LogP contribution >= 0.6 is 0 Å². The van der Waals surface area contributed by atoms with Crippen LogP contribution in [-0.2, 0) is 32.6 Å². The lowest BCUT2D eigenvalue weighted by atomic mass is 10.0. The van der Waals surface area contributed by atoms with E-state index in [1.54, 1.807) is 42.5 Å². The van der Waals surface area contributed by atoms with Crippen molar-refractivity contribution in [3.05, 3.63) is 131 Å². The Morgan fingerprint density at radius 1 is 0.756 bits per heavy atom. The summed E-state index contributed by atoms with van der Waals surface area (Å²) in [5, 5.41) is 3.07. The minimum Gasteiger partial charge on any atom is -0.352 e. The fourth-order valence-corrected chi connectivity index (χ4v) is 6.44. The average Bonchev–Trinajstić information content (AvgIpc) is 3.02. The largest absolute Gasteiger partial charge is 0.352 e. The van der Waals surface area contributed by atoms with Crippen LogP contribution in [0.25, 0.3) is 0 Å². The number of aryl methyl sites for hydroxylation is 3. The minimum absolute atomic E-state index is 0.0860. The highest BCUT2D eigenvalue weighted by Crippen LogP contribution is 2.26. The van der Waals surface area contributed by atoms with Gasteiger partial charge in [0.05, 0.1) is 10.6 Å². The molecule has 8 heteroatoms. The van der Waals surface area contributed by atoms with E-state index >= 15 is 0 Å². The first-order valence-electron chi connectivity index (χ1n) is 15.3. The summed E-state index contributed by atoms with van der Waals surface area (Å²) in [7, 11) is -4.14. The van der Waals surface area contributed by atoms with Crippen molar-refractivity contribution in [2.75, 3.05) is 10.8 Å². The van der Waals surface area contributed by atoms with E-state index in [1.165, 1.54) is 4.90 Å². The summed E-state index contributed by atoms with van der Waals surface area (Å²) in [6.45, 7) is 9.32. The Morgan fingerprint density at radius 2 is 1.38 bits per heavy atom. The lowest BCUT2D eigenvalue weighted by molar-refractivity contribution is -0.140. The normalized spacial score (nSPS) is 12.6. The standard InChI is InChI=1S/C37H43N3O4S/c1-6-30(5)38-37(42)35(24-31-12-8-7-9-13-31)39(25-32-19-15-27(2)16-20-32)36(41)26-40(33-14-10-11-29(4)23-33)45(43,44)34-21-17-28(3)18-22-34/h7-23,30,35H,6,24-26H2,1-5H3,(H,38,42)/t30-,35-/m1/s1. The van der Waals surface area contributed by atoms with Crippen LogP contribution in [0.4, 0.5) is 5.69 Å². The second kappa shape index (κ2) is 15.0. The number of benzene rings is 4. The maximum Gasteiger partial charge on any atom is 0.264 e. The van der Waals surface area contributed by atoms with E-state index in [2.05, 4.69) is 5.32 Å². The SMILES string of the molecule is CC[C@@H](C)NC(=O)[C@@H](Cc1ccccc1)N(Cc1ccc(C)cc1)C(=O)CN(c1cccc(C)c1)S(=O)(=O)c1ccc(C)cc1. The Bertz CT molecular complexity index is 1690. The Hall–Kier alpha value is -4.43. The molecule has 0 unspecified atom stereocenters. The van der Waals surface area contributed by atoms with Crippen molar-refractivity contribution in [3.63, 3.8) is 0 Å². The summed E-state index contributed by atoms with van der Waals surface area (Å²) in [6.07, 6.45) is 1.00. The zero-order valence-electron chi connectivity index (χ0n) is 26.7. The van der Waals surface area contributed by atoms with Gasteiger partial charge in [0.2, 0.25) is 11.8 Å². The van der Waals surface area contributed by atoms with Crippen LogP contribution in [0.1, 0.15) is 48.1 Å². The maximum absolute atomic E-state index is 14.5. The molecule has 0 saturated carbocycles. The molecule has 2 amide bonds. The Kier molecular flexibility index (Phi) is 11.2. The van der Waals surface area contributed by atoms with Crippen molar-refractivity contribution >= 4 is 27.5 Å². The lowest BCUT2D eigenvalue weighted by Gasteiger charge is -2.34. The molecule has 0 heterocycles. The molecular formula is C37H43N3O4S. The molecule has 4 aromatic rings. The van der Waals surface area contributed by atoms with Gasteiger partial charge in [0, 0.05) is 19.0 Å². The van der Waals surface area contributed by atoms with Gasteiger partial charge in [0.15, 0.2) is 0 Å². The second-order valence-corrected chi connectivity index (χ2v) is 13.6. The first-order valence-corrected chi connectivity index (χ1v) is 16.8. The van der Waals surface area contributed by atoms with Gasteiger partial charge in [-0.3, -0.25) is 13.9 Å². The number of anilines is 1. The molecule has 45 heavy (non-hydrogen) atoms. The van der Waals surface area contributed by atoms with Crippen LogP contribution < -0.4 is 9.62 Å². The lowest BCUT2D eigenvalue weighted by Crippen LogP contribution is -2.54. The number of rotatable bonds is 13. The smallest absolute Gasteiger partial charge is 0.264 e. The first-order chi connectivity index (χ1) is 21.5. The van der Waals surface area contributed by atoms with Crippen LogP contribution in [0.15, 0.2) is 108 Å². The van der Waals surface area contributed by atoms with E-state index in [9.17, 15) is 18.0 Å². The summed E-state index contributed by atoms with van der Waals surface area (Å²) in [6, 6.07) is 30.1. The van der Waals surface area contributed by atoms with E-state index in [1.807, 2.05) is 95.3 Å². The molecule has 4 aromatic carbocycles. The van der Waals surface area contributed by atoms with Gasteiger partial charge < -0.3 is 10.2 Å². The average molecular weight is 626 g/mol. The minimum atomic E-state index is -4.14. The molecule has 236 valence electrons. The highest BCUT2D eigenvalue weighted by molar-refractivity contribution is 7.92.